The van der Waals surface area contributed by atoms with Crippen LogP contribution in [-0.4, -0.2) is 17.2 Å². The Hall–Kier alpha value is -2.62. The van der Waals surface area contributed by atoms with Crippen molar-refractivity contribution in [3.05, 3.63) is 65.2 Å². The first-order chi connectivity index (χ1) is 9.65. The lowest BCUT2D eigenvalue weighted by Gasteiger charge is -2.01. The molecule has 0 saturated carbocycles. The molecule has 0 saturated heterocycles. The van der Waals surface area contributed by atoms with Gasteiger partial charge in [-0.05, 0) is 30.2 Å². The van der Waals surface area contributed by atoms with Crippen molar-refractivity contribution in [2.75, 3.05) is 0 Å². The molecule has 0 fully saturated rings. The third kappa shape index (κ3) is 3.95. The summed E-state index contributed by atoms with van der Waals surface area (Å²) in [6.45, 7) is 1.89. The Balaban J connectivity index is 1.91. The van der Waals surface area contributed by atoms with Crippen LogP contribution in [0.3, 0.4) is 0 Å². The summed E-state index contributed by atoms with van der Waals surface area (Å²) in [6, 6.07) is 14.7. The summed E-state index contributed by atoms with van der Waals surface area (Å²) in [6.07, 6.45) is 1.70. The highest BCUT2D eigenvalue weighted by molar-refractivity contribution is 5.85. The van der Waals surface area contributed by atoms with Crippen molar-refractivity contribution in [2.45, 2.75) is 13.3 Å². The quantitative estimate of drug-likeness (QED) is 0.660. The van der Waals surface area contributed by atoms with E-state index in [1.807, 2.05) is 43.3 Å². The van der Waals surface area contributed by atoms with Crippen LogP contribution < -0.4 is 5.43 Å². The number of aryl methyl sites for hydroxylation is 1. The van der Waals surface area contributed by atoms with Crippen LogP contribution in [0.15, 0.2) is 53.6 Å². The number of rotatable bonds is 4. The Bertz CT molecular complexity index is 622. The van der Waals surface area contributed by atoms with Gasteiger partial charge in [0.1, 0.15) is 5.75 Å². The van der Waals surface area contributed by atoms with Gasteiger partial charge in [-0.3, -0.25) is 4.79 Å². The van der Waals surface area contributed by atoms with Gasteiger partial charge in [0.05, 0.1) is 12.6 Å². The first kappa shape index (κ1) is 13.8. The van der Waals surface area contributed by atoms with Crippen molar-refractivity contribution in [3.63, 3.8) is 0 Å². The number of phenols is 1. The molecule has 20 heavy (non-hydrogen) atoms. The molecule has 0 spiro atoms. The van der Waals surface area contributed by atoms with Crippen molar-refractivity contribution in [3.8, 4) is 5.75 Å². The lowest BCUT2D eigenvalue weighted by molar-refractivity contribution is -0.120. The van der Waals surface area contributed by atoms with Crippen molar-refractivity contribution >= 4 is 12.1 Å². The number of aromatic hydroxyl groups is 1. The van der Waals surface area contributed by atoms with Gasteiger partial charge in [-0.2, -0.15) is 5.10 Å². The zero-order valence-corrected chi connectivity index (χ0v) is 11.2. The van der Waals surface area contributed by atoms with Gasteiger partial charge in [0.15, 0.2) is 0 Å². The number of phenolic OH excluding ortho intramolecular Hbond substituents is 1. The molecule has 0 heterocycles. The van der Waals surface area contributed by atoms with Gasteiger partial charge in [0.25, 0.3) is 0 Å². The van der Waals surface area contributed by atoms with Crippen LogP contribution in [0.25, 0.3) is 0 Å². The van der Waals surface area contributed by atoms with E-state index in [1.165, 1.54) is 6.21 Å². The number of nitrogens with one attached hydrogen (secondary N) is 1. The second-order valence-corrected chi connectivity index (χ2v) is 4.52. The fourth-order valence-corrected chi connectivity index (χ4v) is 1.76. The van der Waals surface area contributed by atoms with E-state index in [-0.39, 0.29) is 18.1 Å². The molecule has 2 aromatic carbocycles. The van der Waals surface area contributed by atoms with Crippen LogP contribution in [-0.2, 0) is 11.2 Å². The molecular formula is C16H16N2O2. The summed E-state index contributed by atoms with van der Waals surface area (Å²) in [7, 11) is 0. The van der Waals surface area contributed by atoms with Crippen molar-refractivity contribution < 1.29 is 9.90 Å². The molecule has 2 aromatic rings. The molecule has 0 bridgehead atoms. The lowest BCUT2D eigenvalue weighted by Crippen LogP contribution is -2.19. The minimum atomic E-state index is -0.195. The van der Waals surface area contributed by atoms with Gasteiger partial charge in [-0.15, -0.1) is 0 Å². The molecule has 0 aliphatic rings. The molecule has 0 unspecified atom stereocenters. The Labute approximate surface area is 117 Å². The van der Waals surface area contributed by atoms with E-state index in [0.29, 0.717) is 5.56 Å². The number of benzene rings is 2. The number of amides is 1. The SMILES string of the molecule is Cc1ccc(/C=N/NC(=O)Cc2ccccc2)c(O)c1. The van der Waals surface area contributed by atoms with Gasteiger partial charge >= 0.3 is 0 Å². The maximum atomic E-state index is 11.7. The van der Waals surface area contributed by atoms with Crippen molar-refractivity contribution in [2.24, 2.45) is 5.10 Å². The smallest absolute Gasteiger partial charge is 0.244 e. The molecule has 102 valence electrons. The molecule has 0 aliphatic carbocycles. The molecule has 4 nitrogen and oxygen atoms in total. The second-order valence-electron chi connectivity index (χ2n) is 4.52. The maximum Gasteiger partial charge on any atom is 0.244 e. The maximum absolute atomic E-state index is 11.7. The van der Waals surface area contributed by atoms with E-state index in [0.717, 1.165) is 11.1 Å². The fraction of sp³-hybridized carbons (Fsp3) is 0.125. The molecule has 4 heteroatoms. The third-order valence-electron chi connectivity index (χ3n) is 2.79. The van der Waals surface area contributed by atoms with E-state index in [1.54, 1.807) is 12.1 Å². The van der Waals surface area contributed by atoms with E-state index < -0.39 is 0 Å². The fourth-order valence-electron chi connectivity index (χ4n) is 1.76. The summed E-state index contributed by atoms with van der Waals surface area (Å²) in [5, 5.41) is 13.5. The largest absolute Gasteiger partial charge is 0.507 e. The minimum Gasteiger partial charge on any atom is -0.507 e. The van der Waals surface area contributed by atoms with E-state index >= 15 is 0 Å². The second kappa shape index (κ2) is 6.52. The molecule has 0 aliphatic heterocycles. The van der Waals surface area contributed by atoms with E-state index in [9.17, 15) is 9.90 Å². The Kier molecular flexibility index (Phi) is 4.50. The number of carbonyl (C=O) groups excluding carboxylic acids is 1. The van der Waals surface area contributed by atoms with Gasteiger partial charge in [-0.25, -0.2) is 5.43 Å². The predicted molar refractivity (Wildman–Crippen MR) is 78.7 cm³/mol. The Morgan fingerprint density at radius 2 is 2.00 bits per heavy atom. The Morgan fingerprint density at radius 3 is 2.70 bits per heavy atom. The highest BCUT2D eigenvalue weighted by Crippen LogP contribution is 2.15. The number of hydrazone groups is 1. The summed E-state index contributed by atoms with van der Waals surface area (Å²) in [5.41, 5.74) is 4.90. The van der Waals surface area contributed by atoms with Crippen molar-refractivity contribution in [1.29, 1.82) is 0 Å². The number of hydrogen-bond acceptors (Lipinski definition) is 3. The first-order valence-corrected chi connectivity index (χ1v) is 6.30. The first-order valence-electron chi connectivity index (χ1n) is 6.30. The number of hydrogen-bond donors (Lipinski definition) is 2. The summed E-state index contributed by atoms with van der Waals surface area (Å²) >= 11 is 0. The summed E-state index contributed by atoms with van der Waals surface area (Å²) < 4.78 is 0. The molecule has 0 radical (unpaired) electrons. The summed E-state index contributed by atoms with van der Waals surface area (Å²) in [5.74, 6) is -0.0508. The van der Waals surface area contributed by atoms with Crippen LogP contribution in [0, 0.1) is 6.92 Å². The van der Waals surface area contributed by atoms with Gasteiger partial charge in [0.2, 0.25) is 5.91 Å². The molecular weight excluding hydrogens is 252 g/mol. The van der Waals surface area contributed by atoms with Crippen LogP contribution in [0.5, 0.6) is 5.75 Å². The minimum absolute atomic E-state index is 0.144. The molecule has 1 amide bonds. The third-order valence-corrected chi connectivity index (χ3v) is 2.79. The van der Waals surface area contributed by atoms with Gasteiger partial charge in [-0.1, -0.05) is 36.4 Å². The standard InChI is InChI=1S/C16H16N2O2/c1-12-7-8-14(15(19)9-12)11-17-18-16(20)10-13-5-3-2-4-6-13/h2-9,11,19H,10H2,1H3,(H,18,20)/b17-11+. The topological polar surface area (TPSA) is 61.7 Å². The number of nitrogens with zero attached hydrogens (tertiary/aromatic N) is 1. The van der Waals surface area contributed by atoms with Gasteiger partial charge < -0.3 is 5.11 Å². The number of carbonyl (C=O) groups is 1. The van der Waals surface area contributed by atoms with Crippen LogP contribution >= 0.6 is 0 Å². The zero-order valence-electron chi connectivity index (χ0n) is 11.2. The monoisotopic (exact) mass is 268 g/mol. The van der Waals surface area contributed by atoms with Crippen LogP contribution in [0.4, 0.5) is 0 Å². The van der Waals surface area contributed by atoms with Crippen LogP contribution in [0.2, 0.25) is 0 Å². The highest BCUT2D eigenvalue weighted by Gasteiger charge is 2.01. The van der Waals surface area contributed by atoms with Crippen molar-refractivity contribution in [1.82, 2.24) is 5.43 Å². The lowest BCUT2D eigenvalue weighted by atomic mass is 10.1. The normalized spacial score (nSPS) is 10.7. The van der Waals surface area contributed by atoms with E-state index in [4.69, 9.17) is 0 Å². The predicted octanol–water partition coefficient (Wildman–Crippen LogP) is 2.39. The zero-order chi connectivity index (χ0) is 14.4. The van der Waals surface area contributed by atoms with Crippen LogP contribution in [0.1, 0.15) is 16.7 Å². The average Bonchev–Trinajstić information content (AvgIpc) is 2.42. The molecule has 0 atom stereocenters. The Morgan fingerprint density at radius 1 is 1.25 bits per heavy atom. The molecule has 2 N–H and O–H groups in total. The van der Waals surface area contributed by atoms with E-state index in [2.05, 4.69) is 10.5 Å². The summed E-state index contributed by atoms with van der Waals surface area (Å²) in [4.78, 5) is 11.7. The molecule has 2 rings (SSSR count). The highest BCUT2D eigenvalue weighted by atomic mass is 16.3. The average molecular weight is 268 g/mol. The molecule has 0 aromatic heterocycles. The van der Waals surface area contributed by atoms with Gasteiger partial charge in [0, 0.05) is 5.56 Å².